The van der Waals surface area contributed by atoms with Gasteiger partial charge < -0.3 is 19.5 Å². The number of aliphatic carboxylic acids is 1. The van der Waals surface area contributed by atoms with Crippen LogP contribution in [0.2, 0.25) is 0 Å². The number of likely N-dealkylation sites (tertiary alicyclic amines) is 1. The van der Waals surface area contributed by atoms with Crippen molar-refractivity contribution in [2.24, 2.45) is 5.92 Å². The Balaban J connectivity index is 2.50. The molecular formula is C12H21NO5. The zero-order chi connectivity index (χ0) is 13.5. The van der Waals surface area contributed by atoms with Gasteiger partial charge in [0.15, 0.2) is 0 Å². The Kier molecular flexibility index (Phi) is 6.07. The van der Waals surface area contributed by atoms with E-state index in [4.69, 9.17) is 9.47 Å². The molecule has 1 fully saturated rings. The van der Waals surface area contributed by atoms with Crippen molar-refractivity contribution in [2.45, 2.75) is 25.8 Å². The fraction of sp³-hybridized carbons (Fsp3) is 0.833. The summed E-state index contributed by atoms with van der Waals surface area (Å²) in [5.74, 6) is -1.21. The Labute approximate surface area is 107 Å². The van der Waals surface area contributed by atoms with Gasteiger partial charge >= 0.3 is 5.97 Å². The van der Waals surface area contributed by atoms with Gasteiger partial charge in [-0.3, -0.25) is 4.79 Å². The molecule has 1 amide bonds. The van der Waals surface area contributed by atoms with Gasteiger partial charge in [-0.2, -0.15) is 0 Å². The number of carbonyl (C=O) groups excluding carboxylic acids is 1. The summed E-state index contributed by atoms with van der Waals surface area (Å²) in [6.07, 6.45) is 1.68. The first kappa shape index (κ1) is 14.9. The summed E-state index contributed by atoms with van der Waals surface area (Å²) in [5.41, 5.74) is 0. The van der Waals surface area contributed by atoms with E-state index in [1.54, 1.807) is 7.11 Å². The molecule has 0 saturated carbocycles. The van der Waals surface area contributed by atoms with Crippen molar-refractivity contribution in [3.8, 4) is 0 Å². The number of hydrogen-bond acceptors (Lipinski definition) is 4. The summed E-state index contributed by atoms with van der Waals surface area (Å²) in [6, 6.07) is -0.725. The van der Waals surface area contributed by atoms with Crippen LogP contribution in [-0.2, 0) is 19.1 Å². The van der Waals surface area contributed by atoms with E-state index in [9.17, 15) is 14.7 Å². The van der Waals surface area contributed by atoms with Crippen LogP contribution >= 0.6 is 0 Å². The topological polar surface area (TPSA) is 76.1 Å². The van der Waals surface area contributed by atoms with Crippen molar-refractivity contribution in [2.75, 3.05) is 33.5 Å². The largest absolute Gasteiger partial charge is 0.480 e. The molecule has 1 N–H and O–H groups in total. The Bertz CT molecular complexity index is 294. The van der Waals surface area contributed by atoms with Crippen molar-refractivity contribution < 1.29 is 24.2 Å². The molecule has 2 atom stereocenters. The molecule has 0 aliphatic carbocycles. The molecule has 1 heterocycles. The molecule has 0 aromatic carbocycles. The molecule has 1 aliphatic heterocycles. The predicted octanol–water partition coefficient (Wildman–Crippen LogP) is 0.361. The molecule has 1 rings (SSSR count). The number of hydrogen-bond donors (Lipinski definition) is 1. The van der Waals surface area contributed by atoms with Gasteiger partial charge in [-0.1, -0.05) is 6.92 Å². The highest BCUT2D eigenvalue weighted by Gasteiger charge is 2.36. The summed E-state index contributed by atoms with van der Waals surface area (Å²) in [7, 11) is 1.55. The molecule has 2 unspecified atom stereocenters. The Hall–Kier alpha value is -1.14. The number of nitrogens with zero attached hydrogens (tertiary/aromatic N) is 1. The third-order valence-corrected chi connectivity index (χ3v) is 3.16. The molecule has 0 aromatic rings. The van der Waals surface area contributed by atoms with Crippen LogP contribution in [0.1, 0.15) is 19.8 Å². The Morgan fingerprint density at radius 3 is 2.72 bits per heavy atom. The maximum Gasteiger partial charge on any atom is 0.326 e. The predicted molar refractivity (Wildman–Crippen MR) is 64.2 cm³/mol. The lowest BCUT2D eigenvalue weighted by Crippen LogP contribution is -2.53. The van der Waals surface area contributed by atoms with E-state index in [1.165, 1.54) is 4.90 Å². The molecule has 0 spiro atoms. The molecule has 1 aliphatic rings. The quantitative estimate of drug-likeness (QED) is 0.697. The second-order valence-corrected chi connectivity index (χ2v) is 4.54. The molecule has 6 nitrogen and oxygen atoms in total. The Morgan fingerprint density at radius 1 is 1.39 bits per heavy atom. The van der Waals surface area contributed by atoms with Gasteiger partial charge in [0.05, 0.1) is 13.2 Å². The van der Waals surface area contributed by atoms with Gasteiger partial charge in [0.2, 0.25) is 5.91 Å². The molecular weight excluding hydrogens is 238 g/mol. The van der Waals surface area contributed by atoms with E-state index in [1.807, 2.05) is 6.92 Å². The number of ether oxygens (including phenoxy) is 2. The zero-order valence-electron chi connectivity index (χ0n) is 10.9. The second kappa shape index (κ2) is 7.33. The van der Waals surface area contributed by atoms with E-state index in [2.05, 4.69) is 0 Å². The number of piperidine rings is 1. The standard InChI is InChI=1S/C12H21NO5/c1-9-4-3-5-13(11(9)12(15)16)10(14)8-18-7-6-17-2/h9,11H,3-8H2,1-2H3,(H,15,16). The highest BCUT2D eigenvalue weighted by atomic mass is 16.5. The molecule has 0 bridgehead atoms. The summed E-state index contributed by atoms with van der Waals surface area (Å²) in [5, 5.41) is 9.18. The van der Waals surface area contributed by atoms with Crippen molar-refractivity contribution in [3.05, 3.63) is 0 Å². The highest BCUT2D eigenvalue weighted by molar-refractivity contribution is 5.84. The van der Waals surface area contributed by atoms with Gasteiger partial charge in [0, 0.05) is 13.7 Å². The zero-order valence-corrected chi connectivity index (χ0v) is 10.9. The number of methoxy groups -OCH3 is 1. The monoisotopic (exact) mass is 259 g/mol. The van der Waals surface area contributed by atoms with E-state index < -0.39 is 12.0 Å². The first-order chi connectivity index (χ1) is 8.57. The summed E-state index contributed by atoms with van der Waals surface area (Å²) < 4.78 is 9.94. The van der Waals surface area contributed by atoms with Gasteiger partial charge in [-0.25, -0.2) is 4.79 Å². The van der Waals surface area contributed by atoms with Gasteiger partial charge in [-0.05, 0) is 18.8 Å². The molecule has 0 aromatic heterocycles. The molecule has 6 heteroatoms. The van der Waals surface area contributed by atoms with Crippen LogP contribution < -0.4 is 0 Å². The SMILES string of the molecule is COCCOCC(=O)N1CCCC(C)C1C(=O)O. The van der Waals surface area contributed by atoms with Gasteiger partial charge in [0.1, 0.15) is 12.6 Å². The molecule has 104 valence electrons. The number of rotatable bonds is 6. The lowest BCUT2D eigenvalue weighted by Gasteiger charge is -2.37. The van der Waals surface area contributed by atoms with E-state index in [0.29, 0.717) is 19.8 Å². The van der Waals surface area contributed by atoms with Crippen LogP contribution in [-0.4, -0.2) is 61.4 Å². The number of carbonyl (C=O) groups is 2. The minimum absolute atomic E-state index is 0.0147. The van der Waals surface area contributed by atoms with E-state index >= 15 is 0 Å². The minimum Gasteiger partial charge on any atom is -0.480 e. The van der Waals surface area contributed by atoms with Crippen LogP contribution in [0.4, 0.5) is 0 Å². The lowest BCUT2D eigenvalue weighted by atomic mass is 9.91. The fourth-order valence-electron chi connectivity index (χ4n) is 2.23. The number of carboxylic acid groups (broad SMARTS) is 1. The van der Waals surface area contributed by atoms with Gasteiger partial charge in [0.25, 0.3) is 0 Å². The molecule has 0 radical (unpaired) electrons. The third-order valence-electron chi connectivity index (χ3n) is 3.16. The number of carboxylic acids is 1. The van der Waals surface area contributed by atoms with Crippen molar-refractivity contribution in [3.63, 3.8) is 0 Å². The number of amides is 1. The van der Waals surface area contributed by atoms with Crippen LogP contribution in [0.3, 0.4) is 0 Å². The van der Waals surface area contributed by atoms with Crippen LogP contribution in [0.15, 0.2) is 0 Å². The lowest BCUT2D eigenvalue weighted by molar-refractivity contribution is -0.156. The minimum atomic E-state index is -0.938. The third kappa shape index (κ3) is 3.96. The van der Waals surface area contributed by atoms with Crippen LogP contribution in [0.5, 0.6) is 0 Å². The Morgan fingerprint density at radius 2 is 2.11 bits per heavy atom. The first-order valence-electron chi connectivity index (χ1n) is 6.17. The fourth-order valence-corrected chi connectivity index (χ4v) is 2.23. The second-order valence-electron chi connectivity index (χ2n) is 4.54. The van der Waals surface area contributed by atoms with Crippen molar-refractivity contribution in [1.29, 1.82) is 0 Å². The maximum atomic E-state index is 11.9. The molecule has 18 heavy (non-hydrogen) atoms. The van der Waals surface area contributed by atoms with Crippen molar-refractivity contribution >= 4 is 11.9 Å². The first-order valence-corrected chi connectivity index (χ1v) is 6.17. The normalized spacial score (nSPS) is 24.0. The van der Waals surface area contributed by atoms with Crippen LogP contribution in [0, 0.1) is 5.92 Å². The van der Waals surface area contributed by atoms with Crippen molar-refractivity contribution in [1.82, 2.24) is 4.90 Å². The summed E-state index contributed by atoms with van der Waals surface area (Å²) >= 11 is 0. The smallest absolute Gasteiger partial charge is 0.326 e. The van der Waals surface area contributed by atoms with E-state index in [0.717, 1.165) is 12.8 Å². The van der Waals surface area contributed by atoms with Gasteiger partial charge in [-0.15, -0.1) is 0 Å². The van der Waals surface area contributed by atoms with E-state index in [-0.39, 0.29) is 18.4 Å². The average Bonchev–Trinajstić information content (AvgIpc) is 2.33. The van der Waals surface area contributed by atoms with Crippen LogP contribution in [0.25, 0.3) is 0 Å². The molecule has 1 saturated heterocycles. The average molecular weight is 259 g/mol. The highest BCUT2D eigenvalue weighted by Crippen LogP contribution is 2.23. The maximum absolute atomic E-state index is 11.9. The summed E-state index contributed by atoms with van der Waals surface area (Å²) in [6.45, 7) is 3.03. The summed E-state index contributed by atoms with van der Waals surface area (Å²) in [4.78, 5) is 24.5.